The number of ether oxygens (including phenoxy) is 3. The molecule has 1 saturated heterocycles. The zero-order chi connectivity index (χ0) is 10.2. The van der Waals surface area contributed by atoms with Crippen molar-refractivity contribution in [3.8, 4) is 0 Å². The van der Waals surface area contributed by atoms with Crippen LogP contribution in [-0.2, 0) is 19.0 Å². The first-order valence-corrected chi connectivity index (χ1v) is 4.74. The van der Waals surface area contributed by atoms with Crippen molar-refractivity contribution in [3.63, 3.8) is 0 Å². The topological polar surface area (TPSA) is 44.8 Å². The second-order valence-corrected chi connectivity index (χ2v) is 4.00. The second-order valence-electron chi connectivity index (χ2n) is 4.00. The van der Waals surface area contributed by atoms with Crippen LogP contribution in [0.5, 0.6) is 0 Å². The van der Waals surface area contributed by atoms with Gasteiger partial charge in [-0.05, 0) is 26.3 Å². The highest BCUT2D eigenvalue weighted by atomic mass is 16.8. The SMILES string of the molecule is CC1(C)OC2CC=CC(OC=O)C2O1. The first kappa shape index (κ1) is 9.68. The molecule has 4 heteroatoms. The van der Waals surface area contributed by atoms with Crippen molar-refractivity contribution in [1.29, 1.82) is 0 Å². The number of hydrogen-bond donors (Lipinski definition) is 0. The summed E-state index contributed by atoms with van der Waals surface area (Å²) in [7, 11) is 0. The zero-order valence-electron chi connectivity index (χ0n) is 8.30. The van der Waals surface area contributed by atoms with Crippen molar-refractivity contribution >= 4 is 6.47 Å². The Bertz CT molecular complexity index is 259. The number of carbonyl (C=O) groups is 1. The van der Waals surface area contributed by atoms with Crippen LogP contribution in [0, 0.1) is 0 Å². The van der Waals surface area contributed by atoms with Crippen LogP contribution in [0.4, 0.5) is 0 Å². The lowest BCUT2D eigenvalue weighted by Gasteiger charge is -2.25. The highest BCUT2D eigenvalue weighted by molar-refractivity contribution is 5.38. The van der Waals surface area contributed by atoms with E-state index in [0.717, 1.165) is 6.42 Å². The molecule has 0 aromatic carbocycles. The highest BCUT2D eigenvalue weighted by Gasteiger charge is 2.46. The van der Waals surface area contributed by atoms with E-state index in [-0.39, 0.29) is 18.3 Å². The van der Waals surface area contributed by atoms with Gasteiger partial charge in [-0.15, -0.1) is 0 Å². The molecule has 1 aliphatic heterocycles. The Labute approximate surface area is 82.8 Å². The van der Waals surface area contributed by atoms with Crippen molar-refractivity contribution in [2.24, 2.45) is 0 Å². The van der Waals surface area contributed by atoms with E-state index >= 15 is 0 Å². The lowest BCUT2D eigenvalue weighted by atomic mass is 9.99. The minimum atomic E-state index is -0.578. The summed E-state index contributed by atoms with van der Waals surface area (Å²) in [4.78, 5) is 10.3. The van der Waals surface area contributed by atoms with E-state index in [1.807, 2.05) is 26.0 Å². The Morgan fingerprint density at radius 1 is 1.50 bits per heavy atom. The fourth-order valence-electron chi connectivity index (χ4n) is 1.97. The van der Waals surface area contributed by atoms with Gasteiger partial charge >= 0.3 is 0 Å². The summed E-state index contributed by atoms with van der Waals surface area (Å²) in [5, 5.41) is 0. The van der Waals surface area contributed by atoms with E-state index < -0.39 is 5.79 Å². The van der Waals surface area contributed by atoms with E-state index in [4.69, 9.17) is 14.2 Å². The van der Waals surface area contributed by atoms with Crippen molar-refractivity contribution in [2.75, 3.05) is 0 Å². The Morgan fingerprint density at radius 2 is 2.29 bits per heavy atom. The molecule has 14 heavy (non-hydrogen) atoms. The number of carbonyl (C=O) groups excluding carboxylic acids is 1. The fourth-order valence-corrected chi connectivity index (χ4v) is 1.97. The fraction of sp³-hybridized carbons (Fsp3) is 0.700. The molecule has 0 saturated carbocycles. The third-order valence-electron chi connectivity index (χ3n) is 2.45. The maximum atomic E-state index is 10.3. The highest BCUT2D eigenvalue weighted by Crippen LogP contribution is 2.35. The molecular formula is C10H14O4. The first-order valence-electron chi connectivity index (χ1n) is 4.74. The van der Waals surface area contributed by atoms with E-state index in [2.05, 4.69) is 0 Å². The molecule has 3 unspecified atom stereocenters. The summed E-state index contributed by atoms with van der Waals surface area (Å²) in [6.07, 6.45) is 4.14. The molecule has 1 aliphatic carbocycles. The standard InChI is InChI=1S/C10H14O4/c1-10(2)13-8-5-3-4-7(12-6-11)9(8)14-10/h3-4,6-9H,5H2,1-2H3. The van der Waals surface area contributed by atoms with E-state index in [1.54, 1.807) is 0 Å². The molecule has 0 spiro atoms. The minimum absolute atomic E-state index is 0.0000463. The van der Waals surface area contributed by atoms with Gasteiger partial charge in [-0.25, -0.2) is 0 Å². The van der Waals surface area contributed by atoms with Crippen LogP contribution < -0.4 is 0 Å². The van der Waals surface area contributed by atoms with Crippen LogP contribution in [0.2, 0.25) is 0 Å². The summed E-state index contributed by atoms with van der Waals surface area (Å²) >= 11 is 0. The van der Waals surface area contributed by atoms with Crippen LogP contribution in [0.15, 0.2) is 12.2 Å². The van der Waals surface area contributed by atoms with E-state index in [1.165, 1.54) is 0 Å². The van der Waals surface area contributed by atoms with Gasteiger partial charge in [-0.1, -0.05) is 6.08 Å². The van der Waals surface area contributed by atoms with Gasteiger partial charge in [0, 0.05) is 0 Å². The molecule has 78 valence electrons. The Hall–Kier alpha value is -0.870. The van der Waals surface area contributed by atoms with Crippen LogP contribution >= 0.6 is 0 Å². The summed E-state index contributed by atoms with van der Waals surface area (Å²) in [5.74, 6) is -0.578. The second kappa shape index (κ2) is 3.37. The summed E-state index contributed by atoms with van der Waals surface area (Å²) in [6, 6.07) is 0. The predicted octanol–water partition coefficient (Wildman–Crippen LogP) is 1.01. The average molecular weight is 198 g/mol. The molecule has 0 amide bonds. The lowest BCUT2D eigenvalue weighted by Crippen LogP contribution is -2.38. The van der Waals surface area contributed by atoms with Gasteiger partial charge in [-0.2, -0.15) is 0 Å². The normalized spacial score (nSPS) is 39.1. The Balaban J connectivity index is 2.11. The van der Waals surface area contributed by atoms with Gasteiger partial charge in [0.2, 0.25) is 0 Å². The quantitative estimate of drug-likeness (QED) is 0.490. The van der Waals surface area contributed by atoms with Crippen LogP contribution in [0.25, 0.3) is 0 Å². The number of rotatable bonds is 2. The van der Waals surface area contributed by atoms with Gasteiger partial charge in [0.15, 0.2) is 5.79 Å². The maximum Gasteiger partial charge on any atom is 0.293 e. The van der Waals surface area contributed by atoms with Gasteiger partial charge in [0.1, 0.15) is 12.2 Å². The lowest BCUT2D eigenvalue weighted by molar-refractivity contribution is -0.159. The van der Waals surface area contributed by atoms with Crippen LogP contribution in [0.3, 0.4) is 0 Å². The van der Waals surface area contributed by atoms with Gasteiger partial charge in [-0.3, -0.25) is 4.79 Å². The molecule has 0 aromatic rings. The molecule has 0 aromatic heterocycles. The first-order chi connectivity index (χ1) is 6.62. The van der Waals surface area contributed by atoms with Crippen LogP contribution in [-0.4, -0.2) is 30.6 Å². The van der Waals surface area contributed by atoms with Crippen LogP contribution in [0.1, 0.15) is 20.3 Å². The molecule has 1 fully saturated rings. The molecule has 2 rings (SSSR count). The minimum Gasteiger partial charge on any atom is -0.457 e. The number of hydrogen-bond acceptors (Lipinski definition) is 4. The average Bonchev–Trinajstić information content (AvgIpc) is 2.41. The van der Waals surface area contributed by atoms with E-state index in [0.29, 0.717) is 6.47 Å². The summed E-state index contributed by atoms with van der Waals surface area (Å²) in [5.41, 5.74) is 0. The molecular weight excluding hydrogens is 184 g/mol. The largest absolute Gasteiger partial charge is 0.457 e. The smallest absolute Gasteiger partial charge is 0.293 e. The van der Waals surface area contributed by atoms with Crippen molar-refractivity contribution in [2.45, 2.75) is 44.4 Å². The molecule has 4 nitrogen and oxygen atoms in total. The molecule has 3 atom stereocenters. The molecule has 1 heterocycles. The van der Waals surface area contributed by atoms with E-state index in [9.17, 15) is 4.79 Å². The zero-order valence-corrected chi connectivity index (χ0v) is 8.30. The summed E-state index contributed by atoms with van der Waals surface area (Å²) in [6.45, 7) is 4.18. The van der Waals surface area contributed by atoms with Crippen molar-refractivity contribution in [3.05, 3.63) is 12.2 Å². The van der Waals surface area contributed by atoms with Crippen molar-refractivity contribution in [1.82, 2.24) is 0 Å². The molecule has 0 radical (unpaired) electrons. The maximum absolute atomic E-state index is 10.3. The Kier molecular flexibility index (Phi) is 2.33. The Morgan fingerprint density at radius 3 is 3.00 bits per heavy atom. The van der Waals surface area contributed by atoms with Crippen molar-refractivity contribution < 1.29 is 19.0 Å². The molecule has 2 aliphatic rings. The third kappa shape index (κ3) is 1.67. The summed E-state index contributed by atoms with van der Waals surface area (Å²) < 4.78 is 16.2. The van der Waals surface area contributed by atoms with Gasteiger partial charge in [0.05, 0.1) is 6.10 Å². The molecule has 0 N–H and O–H groups in total. The monoisotopic (exact) mass is 198 g/mol. The van der Waals surface area contributed by atoms with Gasteiger partial charge < -0.3 is 14.2 Å². The number of fused-ring (bicyclic) bond motifs is 1. The predicted molar refractivity (Wildman–Crippen MR) is 48.5 cm³/mol. The van der Waals surface area contributed by atoms with Gasteiger partial charge in [0.25, 0.3) is 6.47 Å². The third-order valence-corrected chi connectivity index (χ3v) is 2.45. The molecule has 0 bridgehead atoms.